The Morgan fingerprint density at radius 3 is 2.72 bits per heavy atom. The van der Waals surface area contributed by atoms with Crippen molar-refractivity contribution in [1.82, 2.24) is 5.32 Å². The van der Waals surface area contributed by atoms with Crippen LogP contribution in [0.15, 0.2) is 17.5 Å². The zero-order valence-electron chi connectivity index (χ0n) is 11.8. The zero-order chi connectivity index (χ0) is 13.6. The van der Waals surface area contributed by atoms with Gasteiger partial charge in [0.1, 0.15) is 0 Å². The number of hydrogen-bond donors (Lipinski definition) is 2. The van der Waals surface area contributed by atoms with Crippen molar-refractivity contribution in [3.63, 3.8) is 0 Å². The smallest absolute Gasteiger partial charge is 0.0765 e. The van der Waals surface area contributed by atoms with Gasteiger partial charge in [-0.3, -0.25) is 0 Å². The Balaban J connectivity index is 2.53. The van der Waals surface area contributed by atoms with E-state index in [2.05, 4.69) is 36.7 Å². The lowest BCUT2D eigenvalue weighted by atomic mass is 9.99. The van der Waals surface area contributed by atoms with Gasteiger partial charge in [-0.2, -0.15) is 0 Å². The molecule has 2 N–H and O–H groups in total. The second-order valence-electron chi connectivity index (χ2n) is 5.36. The normalized spacial score (nSPS) is 16.8. The van der Waals surface area contributed by atoms with E-state index < -0.39 is 5.60 Å². The molecular weight excluding hydrogens is 246 g/mol. The molecule has 0 radical (unpaired) electrons. The van der Waals surface area contributed by atoms with Crippen LogP contribution in [0.25, 0.3) is 0 Å². The lowest BCUT2D eigenvalue weighted by Gasteiger charge is -2.28. The molecule has 0 spiro atoms. The van der Waals surface area contributed by atoms with E-state index in [1.54, 1.807) is 18.4 Å². The molecule has 1 aromatic heterocycles. The van der Waals surface area contributed by atoms with Crippen LogP contribution in [0.2, 0.25) is 0 Å². The van der Waals surface area contributed by atoms with Gasteiger partial charge in [-0.05, 0) is 24.3 Å². The van der Waals surface area contributed by atoms with Crippen LogP contribution >= 0.6 is 11.3 Å². The van der Waals surface area contributed by atoms with Gasteiger partial charge in [-0.1, -0.05) is 19.9 Å². The van der Waals surface area contributed by atoms with Crippen molar-refractivity contribution in [3.8, 4) is 0 Å². The third-order valence-electron chi connectivity index (χ3n) is 3.06. The first-order valence-corrected chi connectivity index (χ1v) is 7.32. The van der Waals surface area contributed by atoms with Crippen molar-refractivity contribution in [2.45, 2.75) is 38.8 Å². The van der Waals surface area contributed by atoms with Crippen molar-refractivity contribution >= 4 is 11.3 Å². The maximum absolute atomic E-state index is 10.2. The molecule has 0 aromatic carbocycles. The molecule has 0 saturated heterocycles. The minimum Gasteiger partial charge on any atom is -0.389 e. The summed E-state index contributed by atoms with van der Waals surface area (Å²) in [6, 6.07) is 4.52. The van der Waals surface area contributed by atoms with Gasteiger partial charge in [0.05, 0.1) is 5.60 Å². The molecule has 3 nitrogen and oxygen atoms in total. The summed E-state index contributed by atoms with van der Waals surface area (Å²) in [6.45, 7) is 7.41. The largest absolute Gasteiger partial charge is 0.389 e. The molecule has 1 heterocycles. The summed E-state index contributed by atoms with van der Waals surface area (Å²) in [5, 5.41) is 15.8. The molecule has 0 aliphatic heterocycles. The van der Waals surface area contributed by atoms with Crippen molar-refractivity contribution < 1.29 is 9.84 Å². The molecule has 1 rings (SSSR count). The lowest BCUT2D eigenvalue weighted by Crippen LogP contribution is -2.41. The predicted octanol–water partition coefficient (Wildman–Crippen LogP) is 2.82. The fourth-order valence-electron chi connectivity index (χ4n) is 1.87. The van der Waals surface area contributed by atoms with E-state index >= 15 is 0 Å². The van der Waals surface area contributed by atoms with E-state index in [0.29, 0.717) is 31.5 Å². The van der Waals surface area contributed by atoms with Crippen molar-refractivity contribution in [1.29, 1.82) is 0 Å². The van der Waals surface area contributed by atoms with Gasteiger partial charge in [0.15, 0.2) is 0 Å². The van der Waals surface area contributed by atoms with Gasteiger partial charge in [-0.15, -0.1) is 11.3 Å². The van der Waals surface area contributed by atoms with E-state index in [1.807, 2.05) is 6.92 Å². The summed E-state index contributed by atoms with van der Waals surface area (Å²) in [5.41, 5.74) is -0.722. The van der Waals surface area contributed by atoms with Crippen LogP contribution in [0.3, 0.4) is 0 Å². The molecule has 0 amide bonds. The topological polar surface area (TPSA) is 41.5 Å². The molecule has 0 aliphatic rings. The Morgan fingerprint density at radius 2 is 2.22 bits per heavy atom. The van der Waals surface area contributed by atoms with Crippen LogP contribution in [0.1, 0.15) is 38.1 Å². The quantitative estimate of drug-likeness (QED) is 0.764. The van der Waals surface area contributed by atoms with E-state index in [-0.39, 0.29) is 0 Å². The van der Waals surface area contributed by atoms with E-state index in [1.165, 1.54) is 4.88 Å². The zero-order valence-corrected chi connectivity index (χ0v) is 12.6. The molecule has 2 atom stereocenters. The summed E-state index contributed by atoms with van der Waals surface area (Å²) >= 11 is 1.76. The van der Waals surface area contributed by atoms with Crippen LogP contribution in [0.4, 0.5) is 0 Å². The van der Waals surface area contributed by atoms with Crippen molar-refractivity contribution in [2.75, 3.05) is 20.3 Å². The molecule has 18 heavy (non-hydrogen) atoms. The highest BCUT2D eigenvalue weighted by atomic mass is 32.1. The van der Waals surface area contributed by atoms with Gasteiger partial charge in [-0.25, -0.2) is 0 Å². The summed E-state index contributed by atoms with van der Waals surface area (Å²) < 4.78 is 5.02. The third-order valence-corrected chi connectivity index (χ3v) is 4.02. The van der Waals surface area contributed by atoms with E-state index in [0.717, 1.165) is 0 Å². The van der Waals surface area contributed by atoms with Gasteiger partial charge >= 0.3 is 0 Å². The first kappa shape index (κ1) is 15.6. The summed E-state index contributed by atoms with van der Waals surface area (Å²) in [7, 11) is 1.66. The number of rotatable bonds is 8. The van der Waals surface area contributed by atoms with Crippen molar-refractivity contribution in [2.24, 2.45) is 5.92 Å². The lowest BCUT2D eigenvalue weighted by molar-refractivity contribution is 0.0216. The molecule has 0 aliphatic carbocycles. The summed E-state index contributed by atoms with van der Waals surface area (Å²) in [5.74, 6) is 0.502. The molecule has 2 unspecified atom stereocenters. The number of aliphatic hydroxyl groups is 1. The predicted molar refractivity (Wildman–Crippen MR) is 77.0 cm³/mol. The highest BCUT2D eigenvalue weighted by molar-refractivity contribution is 7.10. The Bertz CT molecular complexity index is 323. The van der Waals surface area contributed by atoms with Gasteiger partial charge < -0.3 is 15.2 Å². The number of nitrogens with one attached hydrogen (secondary N) is 1. The highest BCUT2D eigenvalue weighted by Crippen LogP contribution is 2.26. The number of hydrogen-bond acceptors (Lipinski definition) is 4. The van der Waals surface area contributed by atoms with Crippen LogP contribution < -0.4 is 5.32 Å². The minimum absolute atomic E-state index is 0.305. The Labute approximate surface area is 114 Å². The van der Waals surface area contributed by atoms with E-state index in [4.69, 9.17) is 4.74 Å². The third kappa shape index (κ3) is 5.06. The van der Waals surface area contributed by atoms with Gasteiger partial charge in [0, 0.05) is 37.6 Å². The molecule has 0 saturated carbocycles. The molecule has 104 valence electrons. The highest BCUT2D eigenvalue weighted by Gasteiger charge is 2.23. The Kier molecular flexibility index (Phi) is 6.29. The molecule has 0 fully saturated rings. The van der Waals surface area contributed by atoms with Crippen molar-refractivity contribution in [3.05, 3.63) is 22.4 Å². The Morgan fingerprint density at radius 1 is 1.50 bits per heavy atom. The maximum Gasteiger partial charge on any atom is 0.0765 e. The average molecular weight is 271 g/mol. The number of methoxy groups -OCH3 is 1. The van der Waals surface area contributed by atoms with Gasteiger partial charge in [0.2, 0.25) is 0 Å². The molecule has 1 aromatic rings. The second kappa shape index (κ2) is 7.24. The summed E-state index contributed by atoms with van der Waals surface area (Å²) in [6.07, 6.45) is 0.645. The molecular formula is C14H25NO2S. The SMILES string of the molecule is COCCC(C)(O)CNC(c1cccs1)C(C)C. The first-order chi connectivity index (χ1) is 8.46. The Hall–Kier alpha value is -0.420. The molecule has 4 heteroatoms. The average Bonchev–Trinajstić information content (AvgIpc) is 2.79. The number of ether oxygens (including phenoxy) is 1. The summed E-state index contributed by atoms with van der Waals surface area (Å²) in [4.78, 5) is 1.33. The molecule has 0 bridgehead atoms. The van der Waals surface area contributed by atoms with Crippen LogP contribution in [-0.2, 0) is 4.74 Å². The monoisotopic (exact) mass is 271 g/mol. The van der Waals surface area contributed by atoms with Crippen LogP contribution in [-0.4, -0.2) is 31.0 Å². The first-order valence-electron chi connectivity index (χ1n) is 6.44. The van der Waals surface area contributed by atoms with E-state index in [9.17, 15) is 5.11 Å². The van der Waals surface area contributed by atoms with Gasteiger partial charge in [0.25, 0.3) is 0 Å². The van der Waals surface area contributed by atoms with Crippen LogP contribution in [0, 0.1) is 5.92 Å². The number of thiophene rings is 1. The second-order valence-corrected chi connectivity index (χ2v) is 6.34. The fourth-order valence-corrected chi connectivity index (χ4v) is 2.85. The minimum atomic E-state index is -0.722. The fraction of sp³-hybridized carbons (Fsp3) is 0.714. The standard InChI is InChI=1S/C14H25NO2S/c1-11(2)13(12-6-5-9-18-12)15-10-14(3,16)7-8-17-4/h5-6,9,11,13,15-16H,7-8,10H2,1-4H3. The van der Waals surface area contributed by atoms with Crippen LogP contribution in [0.5, 0.6) is 0 Å². The maximum atomic E-state index is 10.2.